The van der Waals surface area contributed by atoms with E-state index in [4.69, 9.17) is 9.15 Å². The van der Waals surface area contributed by atoms with E-state index in [1.165, 1.54) is 17.1 Å². The van der Waals surface area contributed by atoms with Crippen LogP contribution in [0.2, 0.25) is 0 Å². The molecule has 8 nitrogen and oxygen atoms in total. The Bertz CT molecular complexity index is 1300. The Morgan fingerprint density at radius 1 is 1.23 bits per heavy atom. The molecule has 0 saturated carbocycles. The van der Waals surface area contributed by atoms with Crippen LogP contribution in [0.1, 0.15) is 16.7 Å². The summed E-state index contributed by atoms with van der Waals surface area (Å²) in [6.07, 6.45) is 2.86. The molecule has 0 spiro atoms. The van der Waals surface area contributed by atoms with Crippen molar-refractivity contribution < 1.29 is 18.7 Å². The van der Waals surface area contributed by atoms with Gasteiger partial charge in [-0.3, -0.25) is 9.59 Å². The third-order valence-corrected chi connectivity index (χ3v) is 4.66. The van der Waals surface area contributed by atoms with Crippen molar-refractivity contribution in [2.75, 3.05) is 11.9 Å². The first-order chi connectivity index (χ1) is 15.0. The van der Waals surface area contributed by atoms with Gasteiger partial charge in [-0.2, -0.15) is 10.4 Å². The summed E-state index contributed by atoms with van der Waals surface area (Å²) in [5.74, 6) is -0.920. The number of hydrogen-bond donors (Lipinski definition) is 1. The summed E-state index contributed by atoms with van der Waals surface area (Å²) >= 11 is 0. The zero-order valence-electron chi connectivity index (χ0n) is 16.7. The molecule has 2 aromatic carbocycles. The maximum absolute atomic E-state index is 12.4. The summed E-state index contributed by atoms with van der Waals surface area (Å²) in [6.45, 7) is 1.47. The van der Waals surface area contributed by atoms with E-state index in [0.29, 0.717) is 16.8 Å². The number of nitrogens with one attached hydrogen (secondary N) is 1. The smallest absolute Gasteiger partial charge is 0.310 e. The molecule has 0 atom stereocenters. The number of furan rings is 1. The molecule has 4 aromatic rings. The molecule has 1 N–H and O–H groups in total. The van der Waals surface area contributed by atoms with Crippen molar-refractivity contribution in [2.45, 2.75) is 13.3 Å². The number of aryl methyl sites for hydroxylation is 1. The number of ether oxygens (including phenoxy) is 1. The molecule has 2 aromatic heterocycles. The van der Waals surface area contributed by atoms with Crippen molar-refractivity contribution in [1.82, 2.24) is 9.78 Å². The number of amides is 1. The molecule has 0 aliphatic heterocycles. The van der Waals surface area contributed by atoms with E-state index in [0.717, 1.165) is 10.9 Å². The highest BCUT2D eigenvalue weighted by Gasteiger charge is 2.17. The van der Waals surface area contributed by atoms with E-state index in [1.54, 1.807) is 12.1 Å². The second kappa shape index (κ2) is 8.55. The maximum atomic E-state index is 12.4. The number of carbonyl (C=O) groups is 2. The number of hydrogen-bond acceptors (Lipinski definition) is 6. The first-order valence-corrected chi connectivity index (χ1v) is 9.51. The van der Waals surface area contributed by atoms with Crippen LogP contribution in [0, 0.1) is 18.3 Å². The van der Waals surface area contributed by atoms with E-state index in [1.807, 2.05) is 49.4 Å². The average Bonchev–Trinajstić information content (AvgIpc) is 3.36. The molecule has 0 aliphatic rings. The Kier molecular flexibility index (Phi) is 5.49. The van der Waals surface area contributed by atoms with Gasteiger partial charge in [0, 0.05) is 10.9 Å². The maximum Gasteiger partial charge on any atom is 0.310 e. The van der Waals surface area contributed by atoms with Crippen LogP contribution in [-0.4, -0.2) is 28.3 Å². The first-order valence-electron chi connectivity index (χ1n) is 9.51. The first kappa shape index (κ1) is 19.9. The second-order valence-corrected chi connectivity index (χ2v) is 6.91. The molecular weight excluding hydrogens is 396 g/mol. The van der Waals surface area contributed by atoms with Crippen molar-refractivity contribution in [1.29, 1.82) is 5.26 Å². The molecule has 1 amide bonds. The average molecular weight is 414 g/mol. The molecule has 0 unspecified atom stereocenters. The van der Waals surface area contributed by atoms with Gasteiger partial charge in [-0.15, -0.1) is 0 Å². The SMILES string of the molecule is Cc1ccc2c(CC(=O)OCC(=O)Nc3c(C#N)cnn3-c3ccccc3)coc2c1. The van der Waals surface area contributed by atoms with Crippen LogP contribution in [0.4, 0.5) is 5.82 Å². The Morgan fingerprint density at radius 2 is 2.03 bits per heavy atom. The van der Waals surface area contributed by atoms with Crippen LogP contribution in [0.25, 0.3) is 16.7 Å². The van der Waals surface area contributed by atoms with Gasteiger partial charge >= 0.3 is 5.97 Å². The van der Waals surface area contributed by atoms with Gasteiger partial charge in [0.1, 0.15) is 17.2 Å². The molecule has 0 radical (unpaired) electrons. The van der Waals surface area contributed by atoms with Gasteiger partial charge in [-0.25, -0.2) is 4.68 Å². The topological polar surface area (TPSA) is 110 Å². The van der Waals surface area contributed by atoms with Gasteiger partial charge in [0.25, 0.3) is 5.91 Å². The Hall–Kier alpha value is -4.38. The third kappa shape index (κ3) is 4.31. The summed E-state index contributed by atoms with van der Waals surface area (Å²) in [5, 5.41) is 16.9. The number of benzene rings is 2. The summed E-state index contributed by atoms with van der Waals surface area (Å²) in [7, 11) is 0. The zero-order chi connectivity index (χ0) is 21.8. The van der Waals surface area contributed by atoms with E-state index < -0.39 is 18.5 Å². The van der Waals surface area contributed by atoms with E-state index >= 15 is 0 Å². The predicted molar refractivity (Wildman–Crippen MR) is 113 cm³/mol. The number of nitriles is 1. The van der Waals surface area contributed by atoms with Gasteiger partial charge < -0.3 is 14.5 Å². The molecule has 154 valence electrons. The minimum absolute atomic E-state index is 0.0191. The van der Waals surface area contributed by atoms with Gasteiger partial charge in [0.15, 0.2) is 12.4 Å². The van der Waals surface area contributed by atoms with Crippen LogP contribution in [0.15, 0.2) is 65.4 Å². The molecule has 31 heavy (non-hydrogen) atoms. The van der Waals surface area contributed by atoms with Crippen LogP contribution in [0.3, 0.4) is 0 Å². The number of aromatic nitrogens is 2. The molecule has 8 heteroatoms. The van der Waals surface area contributed by atoms with E-state index in [2.05, 4.69) is 10.4 Å². The highest BCUT2D eigenvalue weighted by Crippen LogP contribution is 2.23. The number of anilines is 1. The minimum Gasteiger partial charge on any atom is -0.464 e. The lowest BCUT2D eigenvalue weighted by Gasteiger charge is -2.10. The van der Waals surface area contributed by atoms with Crippen molar-refractivity contribution >= 4 is 28.7 Å². The lowest BCUT2D eigenvalue weighted by molar-refractivity contribution is -0.146. The quantitative estimate of drug-likeness (QED) is 0.483. The minimum atomic E-state index is -0.574. The molecule has 0 saturated heterocycles. The van der Waals surface area contributed by atoms with E-state index in [9.17, 15) is 14.9 Å². The standard InChI is InChI=1S/C23H18N4O4/c1-15-7-8-19-16(13-30-20(19)9-15)10-22(29)31-14-21(28)26-23-17(11-24)12-25-27(23)18-5-3-2-4-6-18/h2-9,12-13H,10,14H2,1H3,(H,26,28). The van der Waals surface area contributed by atoms with Gasteiger partial charge in [-0.05, 0) is 30.7 Å². The lowest BCUT2D eigenvalue weighted by Crippen LogP contribution is -2.23. The molecule has 0 aliphatic carbocycles. The van der Waals surface area contributed by atoms with Gasteiger partial charge in [0.2, 0.25) is 0 Å². The van der Waals surface area contributed by atoms with E-state index in [-0.39, 0.29) is 17.8 Å². The largest absolute Gasteiger partial charge is 0.464 e. The van der Waals surface area contributed by atoms with Gasteiger partial charge in [0.05, 0.1) is 24.6 Å². The molecule has 0 bridgehead atoms. The van der Waals surface area contributed by atoms with Crippen molar-refractivity contribution in [3.8, 4) is 11.8 Å². The summed E-state index contributed by atoms with van der Waals surface area (Å²) in [4.78, 5) is 24.6. The number of esters is 1. The highest BCUT2D eigenvalue weighted by molar-refractivity contribution is 5.94. The number of rotatable bonds is 6. The summed E-state index contributed by atoms with van der Waals surface area (Å²) in [6, 6.07) is 16.8. The zero-order valence-corrected chi connectivity index (χ0v) is 16.7. The second-order valence-electron chi connectivity index (χ2n) is 6.91. The van der Waals surface area contributed by atoms with Crippen molar-refractivity contribution in [3.63, 3.8) is 0 Å². The van der Waals surface area contributed by atoms with Crippen LogP contribution in [0.5, 0.6) is 0 Å². The number of carbonyl (C=O) groups excluding carboxylic acids is 2. The molecule has 2 heterocycles. The number of para-hydroxylation sites is 1. The fraction of sp³-hybridized carbons (Fsp3) is 0.130. The number of fused-ring (bicyclic) bond motifs is 1. The normalized spacial score (nSPS) is 10.6. The third-order valence-electron chi connectivity index (χ3n) is 4.66. The van der Waals surface area contributed by atoms with Crippen LogP contribution >= 0.6 is 0 Å². The van der Waals surface area contributed by atoms with Crippen molar-refractivity contribution in [3.05, 3.63) is 77.7 Å². The van der Waals surface area contributed by atoms with Crippen molar-refractivity contribution in [2.24, 2.45) is 0 Å². The Balaban J connectivity index is 1.40. The Morgan fingerprint density at radius 3 is 2.81 bits per heavy atom. The van der Waals surface area contributed by atoms with Crippen LogP contribution < -0.4 is 5.32 Å². The Labute approximate surface area is 177 Å². The van der Waals surface area contributed by atoms with Gasteiger partial charge in [-0.1, -0.05) is 30.3 Å². The predicted octanol–water partition coefficient (Wildman–Crippen LogP) is 3.52. The molecule has 4 rings (SSSR count). The monoisotopic (exact) mass is 414 g/mol. The summed E-state index contributed by atoms with van der Waals surface area (Å²) in [5.41, 5.74) is 3.31. The number of nitrogens with zero attached hydrogens (tertiary/aromatic N) is 3. The van der Waals surface area contributed by atoms with Crippen LogP contribution in [-0.2, 0) is 20.7 Å². The molecular formula is C23H18N4O4. The lowest BCUT2D eigenvalue weighted by atomic mass is 10.1. The highest BCUT2D eigenvalue weighted by atomic mass is 16.5. The fourth-order valence-corrected chi connectivity index (χ4v) is 3.16. The fourth-order valence-electron chi connectivity index (χ4n) is 3.16. The summed E-state index contributed by atoms with van der Waals surface area (Å²) < 4.78 is 12.0. The molecule has 0 fully saturated rings.